The quantitative estimate of drug-likeness (QED) is 0.848. The molecule has 1 aliphatic heterocycles. The summed E-state index contributed by atoms with van der Waals surface area (Å²) >= 11 is 0. The van der Waals surface area contributed by atoms with Crippen LogP contribution in [0.4, 0.5) is 0 Å². The summed E-state index contributed by atoms with van der Waals surface area (Å²) in [4.78, 5) is 19.6. The van der Waals surface area contributed by atoms with Crippen molar-refractivity contribution in [2.75, 3.05) is 26.2 Å². The summed E-state index contributed by atoms with van der Waals surface area (Å²) in [6.45, 7) is 9.98. The molecule has 0 atom stereocenters. The Morgan fingerprint density at radius 2 is 1.70 bits per heavy atom. The molecule has 1 aromatic rings. The summed E-state index contributed by atoms with van der Waals surface area (Å²) in [6.07, 6.45) is 0. The predicted octanol–water partition coefficient (Wildman–Crippen LogP) is 2.31. The molecule has 20 heavy (non-hydrogen) atoms. The van der Waals surface area contributed by atoms with Crippen molar-refractivity contribution in [2.24, 2.45) is 5.41 Å². The standard InChI is InChI=1S/C16H24N2O2/c1-16(2,3)15(19)20-18-11-9-17(10-12-18)13-14-7-5-4-6-8-14/h4-8H,9-13H2,1-3H3. The Bertz CT molecular complexity index is 432. The van der Waals surface area contributed by atoms with E-state index in [4.69, 9.17) is 4.84 Å². The summed E-state index contributed by atoms with van der Waals surface area (Å²) in [5, 5.41) is 1.79. The molecule has 2 rings (SSSR count). The van der Waals surface area contributed by atoms with Crippen LogP contribution in [0.1, 0.15) is 26.3 Å². The number of hydrogen-bond acceptors (Lipinski definition) is 4. The molecule has 4 nitrogen and oxygen atoms in total. The van der Waals surface area contributed by atoms with Gasteiger partial charge in [0, 0.05) is 32.7 Å². The van der Waals surface area contributed by atoms with Crippen LogP contribution in [0.15, 0.2) is 30.3 Å². The van der Waals surface area contributed by atoms with Crippen molar-refractivity contribution < 1.29 is 9.63 Å². The molecular formula is C16H24N2O2. The lowest BCUT2D eigenvalue weighted by atomic mass is 9.98. The molecule has 4 heteroatoms. The third-order valence-corrected chi connectivity index (χ3v) is 3.40. The van der Waals surface area contributed by atoms with Crippen molar-refractivity contribution in [1.29, 1.82) is 0 Å². The molecule has 0 amide bonds. The number of nitrogens with zero attached hydrogens (tertiary/aromatic N) is 2. The third kappa shape index (κ3) is 4.32. The first-order valence-corrected chi connectivity index (χ1v) is 7.19. The summed E-state index contributed by atoms with van der Waals surface area (Å²) in [5.41, 5.74) is 0.883. The van der Waals surface area contributed by atoms with E-state index in [0.29, 0.717) is 0 Å². The molecule has 0 N–H and O–H groups in total. The number of hydroxylamine groups is 2. The highest BCUT2D eigenvalue weighted by Gasteiger charge is 2.27. The van der Waals surface area contributed by atoms with Crippen molar-refractivity contribution in [3.8, 4) is 0 Å². The highest BCUT2D eigenvalue weighted by molar-refractivity contribution is 5.75. The van der Waals surface area contributed by atoms with Crippen LogP contribution in [0.5, 0.6) is 0 Å². The van der Waals surface area contributed by atoms with Crippen LogP contribution in [0.3, 0.4) is 0 Å². The van der Waals surface area contributed by atoms with Gasteiger partial charge in [0.15, 0.2) is 0 Å². The molecule has 0 saturated carbocycles. The highest BCUT2D eigenvalue weighted by atomic mass is 16.7. The van der Waals surface area contributed by atoms with E-state index in [1.807, 2.05) is 26.8 Å². The van der Waals surface area contributed by atoms with Gasteiger partial charge in [-0.15, -0.1) is 5.06 Å². The minimum Gasteiger partial charge on any atom is -0.367 e. The molecule has 0 unspecified atom stereocenters. The van der Waals surface area contributed by atoms with Gasteiger partial charge in [0.1, 0.15) is 0 Å². The second-order valence-electron chi connectivity index (χ2n) is 6.32. The topological polar surface area (TPSA) is 32.8 Å². The lowest BCUT2D eigenvalue weighted by Gasteiger charge is -2.34. The Morgan fingerprint density at radius 1 is 1.10 bits per heavy atom. The fourth-order valence-corrected chi connectivity index (χ4v) is 2.07. The molecule has 110 valence electrons. The van der Waals surface area contributed by atoms with Gasteiger partial charge in [0.05, 0.1) is 5.41 Å². The van der Waals surface area contributed by atoms with Crippen molar-refractivity contribution in [2.45, 2.75) is 27.3 Å². The fourth-order valence-electron chi connectivity index (χ4n) is 2.07. The number of benzene rings is 1. The van der Waals surface area contributed by atoms with Crippen molar-refractivity contribution in [1.82, 2.24) is 9.96 Å². The van der Waals surface area contributed by atoms with E-state index in [1.165, 1.54) is 5.56 Å². The van der Waals surface area contributed by atoms with Crippen molar-refractivity contribution in [3.05, 3.63) is 35.9 Å². The minimum atomic E-state index is -0.443. The maximum absolute atomic E-state index is 11.8. The summed E-state index contributed by atoms with van der Waals surface area (Å²) in [7, 11) is 0. The van der Waals surface area contributed by atoms with E-state index in [2.05, 4.69) is 29.2 Å². The molecule has 0 bridgehead atoms. The first-order chi connectivity index (χ1) is 9.45. The van der Waals surface area contributed by atoms with Crippen LogP contribution < -0.4 is 0 Å². The zero-order chi connectivity index (χ0) is 14.6. The summed E-state index contributed by atoms with van der Waals surface area (Å²) in [5.74, 6) is -0.158. The summed E-state index contributed by atoms with van der Waals surface area (Å²) in [6, 6.07) is 10.5. The molecule has 0 aliphatic carbocycles. The van der Waals surface area contributed by atoms with E-state index in [1.54, 1.807) is 5.06 Å². The number of carbonyl (C=O) groups is 1. The lowest BCUT2D eigenvalue weighted by Crippen LogP contribution is -2.47. The maximum atomic E-state index is 11.8. The second kappa shape index (κ2) is 6.37. The van der Waals surface area contributed by atoms with Gasteiger partial charge in [-0.25, -0.2) is 4.79 Å². The van der Waals surface area contributed by atoms with Crippen LogP contribution in [-0.2, 0) is 16.2 Å². The zero-order valence-corrected chi connectivity index (χ0v) is 12.6. The van der Waals surface area contributed by atoms with Crippen LogP contribution in [0, 0.1) is 5.41 Å². The van der Waals surface area contributed by atoms with Gasteiger partial charge in [-0.1, -0.05) is 30.3 Å². The molecule has 1 aliphatic rings. The molecule has 1 aromatic carbocycles. The van der Waals surface area contributed by atoms with Gasteiger partial charge >= 0.3 is 5.97 Å². The van der Waals surface area contributed by atoms with E-state index in [0.717, 1.165) is 32.7 Å². The van der Waals surface area contributed by atoms with Crippen molar-refractivity contribution >= 4 is 5.97 Å². The number of rotatable bonds is 3. The zero-order valence-electron chi connectivity index (χ0n) is 12.6. The normalized spacial score (nSPS) is 17.9. The van der Waals surface area contributed by atoms with E-state index >= 15 is 0 Å². The second-order valence-corrected chi connectivity index (χ2v) is 6.32. The minimum absolute atomic E-state index is 0.158. The molecule has 0 spiro atoms. The average molecular weight is 276 g/mol. The lowest BCUT2D eigenvalue weighted by molar-refractivity contribution is -0.207. The fraction of sp³-hybridized carbons (Fsp3) is 0.562. The first-order valence-electron chi connectivity index (χ1n) is 7.19. The number of hydrogen-bond donors (Lipinski definition) is 0. The van der Waals surface area contributed by atoms with Crippen LogP contribution in [-0.4, -0.2) is 42.1 Å². The third-order valence-electron chi connectivity index (χ3n) is 3.40. The summed E-state index contributed by atoms with van der Waals surface area (Å²) < 4.78 is 0. The van der Waals surface area contributed by atoms with Crippen LogP contribution in [0.25, 0.3) is 0 Å². The van der Waals surface area contributed by atoms with Gasteiger partial charge in [-0.2, -0.15) is 0 Å². The van der Waals surface area contributed by atoms with Gasteiger partial charge in [-0.05, 0) is 26.3 Å². The molecular weight excluding hydrogens is 252 g/mol. The van der Waals surface area contributed by atoms with Gasteiger partial charge in [0.25, 0.3) is 0 Å². The maximum Gasteiger partial charge on any atom is 0.330 e. The Labute approximate surface area is 121 Å². The molecule has 1 saturated heterocycles. The Balaban J connectivity index is 1.77. The molecule has 1 heterocycles. The van der Waals surface area contributed by atoms with Crippen molar-refractivity contribution in [3.63, 3.8) is 0 Å². The monoisotopic (exact) mass is 276 g/mol. The first kappa shape index (κ1) is 15.0. The van der Waals surface area contributed by atoms with E-state index in [-0.39, 0.29) is 5.97 Å². The van der Waals surface area contributed by atoms with Crippen LogP contribution in [0.2, 0.25) is 0 Å². The van der Waals surface area contributed by atoms with Crippen LogP contribution >= 0.6 is 0 Å². The van der Waals surface area contributed by atoms with Gasteiger partial charge in [0.2, 0.25) is 0 Å². The Hall–Kier alpha value is -1.39. The molecule has 1 fully saturated rings. The van der Waals surface area contributed by atoms with E-state index < -0.39 is 5.41 Å². The van der Waals surface area contributed by atoms with Gasteiger partial charge in [-0.3, -0.25) is 4.90 Å². The Kier molecular flexibility index (Phi) is 4.78. The Morgan fingerprint density at radius 3 is 2.25 bits per heavy atom. The average Bonchev–Trinajstić information content (AvgIpc) is 2.41. The predicted molar refractivity (Wildman–Crippen MR) is 78.8 cm³/mol. The molecule has 0 aromatic heterocycles. The number of piperazine rings is 1. The highest BCUT2D eigenvalue weighted by Crippen LogP contribution is 2.17. The largest absolute Gasteiger partial charge is 0.367 e. The number of carbonyl (C=O) groups excluding carboxylic acids is 1. The smallest absolute Gasteiger partial charge is 0.330 e. The van der Waals surface area contributed by atoms with E-state index in [9.17, 15) is 4.79 Å². The molecule has 0 radical (unpaired) electrons. The van der Waals surface area contributed by atoms with Gasteiger partial charge < -0.3 is 4.84 Å². The SMILES string of the molecule is CC(C)(C)C(=O)ON1CCN(Cc2ccccc2)CC1.